The van der Waals surface area contributed by atoms with E-state index in [-0.39, 0.29) is 27.8 Å². The van der Waals surface area contributed by atoms with Crippen molar-refractivity contribution < 1.29 is 28.6 Å². The monoisotopic (exact) mass is 530 g/mol. The molecular weight excluding hydrogens is 511 g/mol. The second kappa shape index (κ2) is 11.5. The highest BCUT2D eigenvalue weighted by Gasteiger charge is 2.38. The first-order chi connectivity index (χ1) is 17.2. The van der Waals surface area contributed by atoms with Crippen molar-refractivity contribution in [3.05, 3.63) is 80.9 Å². The zero-order valence-electron chi connectivity index (χ0n) is 19.1. The van der Waals surface area contributed by atoms with E-state index < -0.39 is 30.3 Å². The Morgan fingerprint density at radius 3 is 2.50 bits per heavy atom. The van der Waals surface area contributed by atoms with Crippen LogP contribution in [0.2, 0.25) is 10.0 Å². The van der Waals surface area contributed by atoms with E-state index in [1.54, 1.807) is 36.4 Å². The largest absolute Gasteiger partial charge is 0.469 e. The molecular formula is C24H20Cl2N4O6. The number of benzene rings is 2. The summed E-state index contributed by atoms with van der Waals surface area (Å²) in [7, 11) is 2.33. The van der Waals surface area contributed by atoms with E-state index in [0.717, 1.165) is 7.11 Å². The molecule has 1 aliphatic rings. The molecule has 12 heteroatoms. The van der Waals surface area contributed by atoms with Gasteiger partial charge in [0, 0.05) is 10.7 Å². The zero-order chi connectivity index (χ0) is 26.4. The van der Waals surface area contributed by atoms with Gasteiger partial charge in [-0.05, 0) is 35.9 Å². The Morgan fingerprint density at radius 1 is 1.11 bits per heavy atom. The van der Waals surface area contributed by atoms with Gasteiger partial charge in [-0.3, -0.25) is 4.79 Å². The maximum Gasteiger partial charge on any atom is 0.338 e. The lowest BCUT2D eigenvalue weighted by Crippen LogP contribution is -2.27. The van der Waals surface area contributed by atoms with Crippen LogP contribution in [0.25, 0.3) is 0 Å². The summed E-state index contributed by atoms with van der Waals surface area (Å²) in [5, 5.41) is 15.7. The highest BCUT2D eigenvalue weighted by Crippen LogP contribution is 2.41. The van der Waals surface area contributed by atoms with E-state index in [2.05, 4.69) is 15.4 Å². The predicted octanol–water partition coefficient (Wildman–Crippen LogP) is 4.44. The van der Waals surface area contributed by atoms with Crippen LogP contribution in [0.15, 0.2) is 65.3 Å². The molecule has 0 aromatic heterocycles. The van der Waals surface area contributed by atoms with Gasteiger partial charge in [0.1, 0.15) is 23.8 Å². The molecule has 0 saturated heterocycles. The first-order valence-electron chi connectivity index (χ1n) is 10.3. The van der Waals surface area contributed by atoms with Crippen LogP contribution in [0, 0.1) is 11.3 Å². The molecule has 0 bridgehead atoms. The topological polar surface area (TPSA) is 153 Å². The minimum absolute atomic E-state index is 0.0708. The maximum atomic E-state index is 12.7. The second-order valence-corrected chi connectivity index (χ2v) is 8.18. The van der Waals surface area contributed by atoms with Crippen molar-refractivity contribution in [1.82, 2.24) is 0 Å². The Labute approximate surface area is 216 Å². The molecule has 4 N–H and O–H groups in total. The van der Waals surface area contributed by atoms with Crippen molar-refractivity contribution in [3.63, 3.8) is 0 Å². The third-order valence-corrected chi connectivity index (χ3v) is 5.64. The summed E-state index contributed by atoms with van der Waals surface area (Å²) in [6, 6.07) is 12.3. The van der Waals surface area contributed by atoms with Crippen LogP contribution < -0.4 is 16.4 Å². The summed E-state index contributed by atoms with van der Waals surface area (Å²) in [6.45, 7) is 0. The number of nitriles is 1. The summed E-state index contributed by atoms with van der Waals surface area (Å²) in [5.74, 6) is -2.93. The molecule has 0 spiro atoms. The number of anilines is 2. The van der Waals surface area contributed by atoms with Crippen molar-refractivity contribution in [2.45, 2.75) is 12.3 Å². The lowest BCUT2D eigenvalue weighted by atomic mass is 9.82. The molecule has 1 atom stereocenters. The molecule has 36 heavy (non-hydrogen) atoms. The first kappa shape index (κ1) is 26.4. The number of rotatable bonds is 6. The van der Waals surface area contributed by atoms with Gasteiger partial charge in [-0.1, -0.05) is 35.3 Å². The number of hydrogen-bond donors (Lipinski definition) is 3. The minimum Gasteiger partial charge on any atom is -0.469 e. The van der Waals surface area contributed by atoms with Gasteiger partial charge < -0.3 is 30.6 Å². The summed E-state index contributed by atoms with van der Waals surface area (Å²) in [4.78, 5) is 37.2. The maximum absolute atomic E-state index is 12.7. The van der Waals surface area contributed by atoms with Crippen molar-refractivity contribution >= 4 is 52.5 Å². The number of carbonyl (C=O) groups excluding carboxylic acids is 3. The Hall–Kier alpha value is -4.20. The van der Waals surface area contributed by atoms with E-state index in [9.17, 15) is 19.6 Å². The Kier molecular flexibility index (Phi) is 8.42. The summed E-state index contributed by atoms with van der Waals surface area (Å²) in [6.07, 6.45) is -0.418. The van der Waals surface area contributed by atoms with Gasteiger partial charge in [-0.25, -0.2) is 9.59 Å². The number of nitrogens with two attached hydrogens (primary N) is 1. The summed E-state index contributed by atoms with van der Waals surface area (Å²) >= 11 is 12.0. The molecule has 1 aliphatic heterocycles. The third-order valence-electron chi connectivity index (χ3n) is 5.09. The van der Waals surface area contributed by atoms with Gasteiger partial charge >= 0.3 is 18.0 Å². The number of hydrogen-bond acceptors (Lipinski definition) is 8. The van der Waals surface area contributed by atoms with Gasteiger partial charge in [0.15, 0.2) is 0 Å². The minimum atomic E-state index is -1.04. The number of amides is 2. The number of ether oxygens (including phenoxy) is 3. The fraction of sp³-hybridized carbons (Fsp3) is 0.167. The van der Waals surface area contributed by atoms with E-state index in [4.69, 9.17) is 38.4 Å². The van der Waals surface area contributed by atoms with Crippen molar-refractivity contribution in [2.24, 2.45) is 5.73 Å². The fourth-order valence-electron chi connectivity index (χ4n) is 3.49. The van der Waals surface area contributed by atoms with Crippen LogP contribution in [0.4, 0.5) is 16.2 Å². The number of halogens is 2. The van der Waals surface area contributed by atoms with Crippen LogP contribution in [0.5, 0.6) is 0 Å². The lowest BCUT2D eigenvalue weighted by Gasteiger charge is -2.27. The molecule has 2 amide bonds. The molecule has 10 nitrogen and oxygen atoms in total. The van der Waals surface area contributed by atoms with E-state index in [1.165, 1.54) is 13.2 Å². The van der Waals surface area contributed by atoms with E-state index in [0.29, 0.717) is 22.0 Å². The van der Waals surface area contributed by atoms with Crippen molar-refractivity contribution in [2.75, 3.05) is 24.9 Å². The molecule has 1 unspecified atom stereocenters. The Balaban J connectivity index is 1.98. The van der Waals surface area contributed by atoms with Crippen LogP contribution in [-0.2, 0) is 23.8 Å². The molecule has 3 rings (SSSR count). The first-order valence-corrected chi connectivity index (χ1v) is 11.0. The van der Waals surface area contributed by atoms with Gasteiger partial charge in [0.25, 0.3) is 0 Å². The predicted molar refractivity (Wildman–Crippen MR) is 132 cm³/mol. The third kappa shape index (κ3) is 5.89. The van der Waals surface area contributed by atoms with E-state index in [1.807, 2.05) is 6.07 Å². The smallest absolute Gasteiger partial charge is 0.338 e. The summed E-state index contributed by atoms with van der Waals surface area (Å²) in [5.41, 5.74) is 6.86. The van der Waals surface area contributed by atoms with Crippen LogP contribution in [0.1, 0.15) is 17.9 Å². The average molecular weight is 531 g/mol. The molecule has 2 aromatic carbocycles. The van der Waals surface area contributed by atoms with Gasteiger partial charge in [0.05, 0.1) is 36.4 Å². The lowest BCUT2D eigenvalue weighted by molar-refractivity contribution is -0.140. The highest BCUT2D eigenvalue weighted by molar-refractivity contribution is 6.36. The number of carbonyl (C=O) groups is 3. The SMILES string of the molecule is COC(=O)CC1=C(C(=O)OC)C(c2cccc(NC(=O)Nc3ccc(Cl)cc3Cl)c2)C(C#N)=C(N)O1. The molecule has 1 heterocycles. The quantitative estimate of drug-likeness (QED) is 0.463. The zero-order valence-corrected chi connectivity index (χ0v) is 20.6. The van der Waals surface area contributed by atoms with Gasteiger partial charge in [-0.2, -0.15) is 5.26 Å². The fourth-order valence-corrected chi connectivity index (χ4v) is 3.95. The number of methoxy groups -OCH3 is 2. The van der Waals surface area contributed by atoms with Gasteiger partial charge in [-0.15, -0.1) is 0 Å². The summed E-state index contributed by atoms with van der Waals surface area (Å²) < 4.78 is 15.0. The molecule has 186 valence electrons. The Morgan fingerprint density at radius 2 is 1.86 bits per heavy atom. The van der Waals surface area contributed by atoms with Crippen LogP contribution >= 0.6 is 23.2 Å². The van der Waals surface area contributed by atoms with Gasteiger partial charge in [0.2, 0.25) is 5.88 Å². The molecule has 0 fully saturated rings. The second-order valence-electron chi connectivity index (χ2n) is 7.33. The molecule has 0 aliphatic carbocycles. The number of nitrogens with one attached hydrogen (secondary N) is 2. The van der Waals surface area contributed by atoms with Crippen molar-refractivity contribution in [1.29, 1.82) is 5.26 Å². The van der Waals surface area contributed by atoms with Crippen LogP contribution in [0.3, 0.4) is 0 Å². The van der Waals surface area contributed by atoms with Crippen molar-refractivity contribution in [3.8, 4) is 6.07 Å². The number of nitrogens with zero attached hydrogens (tertiary/aromatic N) is 1. The normalized spacial score (nSPS) is 14.9. The number of allylic oxidation sites excluding steroid dienone is 1. The standard InChI is InChI=1S/C24H20Cl2N4O6/c1-34-19(31)10-18-21(23(32)35-2)20(15(11-27)22(28)36-18)12-4-3-5-14(8-12)29-24(33)30-17-7-6-13(25)9-16(17)26/h3-9,20H,10,28H2,1-2H3,(H2,29,30,33). The number of urea groups is 1. The van der Waals surface area contributed by atoms with E-state index >= 15 is 0 Å². The average Bonchev–Trinajstić information content (AvgIpc) is 2.85. The Bertz CT molecular complexity index is 1330. The van der Waals surface area contributed by atoms with Crippen LogP contribution in [-0.4, -0.2) is 32.2 Å². The molecule has 0 radical (unpaired) electrons. The number of esters is 2. The molecule has 2 aromatic rings. The molecule has 0 saturated carbocycles. The highest BCUT2D eigenvalue weighted by atomic mass is 35.5.